The van der Waals surface area contributed by atoms with E-state index in [0.717, 1.165) is 28.3 Å². The Hall–Kier alpha value is -4.20. The Balaban J connectivity index is 1.50. The van der Waals surface area contributed by atoms with Crippen LogP contribution < -0.4 is 10.6 Å². The van der Waals surface area contributed by atoms with E-state index in [1.54, 1.807) is 13.8 Å². The molecule has 0 fully saturated rings. The van der Waals surface area contributed by atoms with E-state index in [-0.39, 0.29) is 23.8 Å². The van der Waals surface area contributed by atoms with Crippen molar-refractivity contribution in [1.82, 2.24) is 5.32 Å². The molecule has 0 bridgehead atoms. The number of amides is 2. The van der Waals surface area contributed by atoms with E-state index in [1.165, 1.54) is 12.1 Å². The Morgan fingerprint density at radius 2 is 1.54 bits per heavy atom. The van der Waals surface area contributed by atoms with Gasteiger partial charge in [-0.15, -0.1) is 0 Å². The molecule has 0 heterocycles. The summed E-state index contributed by atoms with van der Waals surface area (Å²) in [6.07, 6.45) is -0.926. The van der Waals surface area contributed by atoms with Crippen molar-refractivity contribution >= 4 is 23.7 Å². The molecule has 1 aliphatic carbocycles. The Labute approximate surface area is 201 Å². The molecule has 3 aromatic rings. The summed E-state index contributed by atoms with van der Waals surface area (Å²) in [6.45, 7) is 3.30. The van der Waals surface area contributed by atoms with Crippen molar-refractivity contribution in [1.29, 1.82) is 0 Å². The number of carboxylic acids is 1. The average Bonchev–Trinajstić information content (AvgIpc) is 3.15. The minimum Gasteiger partial charge on any atom is -0.480 e. The van der Waals surface area contributed by atoms with E-state index in [4.69, 9.17) is 4.74 Å². The highest BCUT2D eigenvalue weighted by Gasteiger charge is 2.30. The molecule has 7 nitrogen and oxygen atoms in total. The highest BCUT2D eigenvalue weighted by molar-refractivity contribution is 6.04. The van der Waals surface area contributed by atoms with E-state index in [0.29, 0.717) is 0 Å². The summed E-state index contributed by atoms with van der Waals surface area (Å²) in [5.74, 6) is -3.46. The third-order valence-corrected chi connectivity index (χ3v) is 6.05. The number of anilines is 1. The van der Waals surface area contributed by atoms with Crippen LogP contribution in [0.1, 0.15) is 41.3 Å². The van der Waals surface area contributed by atoms with Crippen LogP contribution in [0.5, 0.6) is 0 Å². The lowest BCUT2D eigenvalue weighted by atomic mass is 9.98. The van der Waals surface area contributed by atoms with E-state index in [1.807, 2.05) is 48.5 Å². The second-order valence-electron chi connectivity index (χ2n) is 8.65. The molecule has 0 radical (unpaired) electrons. The minimum atomic E-state index is -1.21. The highest BCUT2D eigenvalue weighted by Crippen LogP contribution is 2.44. The van der Waals surface area contributed by atoms with Crippen molar-refractivity contribution in [3.05, 3.63) is 89.2 Å². The van der Waals surface area contributed by atoms with E-state index < -0.39 is 35.7 Å². The summed E-state index contributed by atoms with van der Waals surface area (Å²) in [5.41, 5.74) is 3.62. The van der Waals surface area contributed by atoms with Crippen LogP contribution in [0.2, 0.25) is 0 Å². The monoisotopic (exact) mass is 476 g/mol. The lowest BCUT2D eigenvalue weighted by Gasteiger charge is -2.19. The maximum atomic E-state index is 14.6. The lowest BCUT2D eigenvalue weighted by Crippen LogP contribution is -2.44. The number of carboxylic acid groups (broad SMARTS) is 1. The molecular weight excluding hydrogens is 451 g/mol. The Morgan fingerprint density at radius 3 is 2.11 bits per heavy atom. The number of carbonyl (C=O) groups is 3. The number of ether oxygens (including phenoxy) is 1. The Bertz CT molecular complexity index is 1240. The lowest BCUT2D eigenvalue weighted by molar-refractivity contribution is -0.140. The van der Waals surface area contributed by atoms with Gasteiger partial charge in [-0.25, -0.2) is 14.0 Å². The first-order chi connectivity index (χ1) is 16.8. The summed E-state index contributed by atoms with van der Waals surface area (Å²) in [7, 11) is 0. The Morgan fingerprint density at radius 1 is 0.943 bits per heavy atom. The number of hydrogen-bond donors (Lipinski definition) is 3. The first-order valence-electron chi connectivity index (χ1n) is 11.2. The number of halogens is 1. The van der Waals surface area contributed by atoms with E-state index >= 15 is 0 Å². The number of nitrogens with one attached hydrogen (secondary N) is 2. The number of para-hydroxylation sites is 1. The number of aliphatic carboxylic acids is 1. The van der Waals surface area contributed by atoms with Gasteiger partial charge < -0.3 is 15.2 Å². The van der Waals surface area contributed by atoms with Crippen LogP contribution in [0.15, 0.2) is 66.7 Å². The predicted octanol–water partition coefficient (Wildman–Crippen LogP) is 5.03. The zero-order valence-corrected chi connectivity index (χ0v) is 19.2. The van der Waals surface area contributed by atoms with Crippen LogP contribution in [0.25, 0.3) is 11.1 Å². The molecule has 8 heteroatoms. The normalized spacial score (nSPS) is 13.0. The van der Waals surface area contributed by atoms with Gasteiger partial charge in [0.05, 0.1) is 11.3 Å². The molecule has 2 amide bonds. The molecule has 0 aliphatic heterocycles. The average molecular weight is 477 g/mol. The molecule has 35 heavy (non-hydrogen) atoms. The van der Waals surface area contributed by atoms with Crippen molar-refractivity contribution in [2.75, 3.05) is 11.9 Å². The molecule has 0 spiro atoms. The summed E-state index contributed by atoms with van der Waals surface area (Å²) >= 11 is 0. The highest BCUT2D eigenvalue weighted by atomic mass is 19.1. The maximum Gasteiger partial charge on any atom is 0.411 e. The van der Waals surface area contributed by atoms with Gasteiger partial charge in [0.1, 0.15) is 18.5 Å². The molecule has 180 valence electrons. The fourth-order valence-corrected chi connectivity index (χ4v) is 4.31. The zero-order chi connectivity index (χ0) is 25.1. The zero-order valence-electron chi connectivity index (χ0n) is 19.2. The number of carbonyl (C=O) groups excluding carboxylic acids is 2. The summed E-state index contributed by atoms with van der Waals surface area (Å²) in [4.78, 5) is 36.8. The van der Waals surface area contributed by atoms with Gasteiger partial charge in [0, 0.05) is 5.92 Å². The van der Waals surface area contributed by atoms with Crippen molar-refractivity contribution < 1.29 is 28.6 Å². The molecule has 3 N–H and O–H groups in total. The van der Waals surface area contributed by atoms with Gasteiger partial charge in [0.15, 0.2) is 0 Å². The summed E-state index contributed by atoms with van der Waals surface area (Å²) in [5, 5.41) is 14.0. The molecule has 1 atom stereocenters. The standard InChI is InChI=1S/C27H25FN2O5/c1-15(2)23(26(32)33)29-25(31)20-12-7-13-22(28)24(20)30-27(34)35-14-21-18-10-5-3-8-16(18)17-9-4-6-11-19(17)21/h3-13,15,21,23H,14H2,1-2H3,(H,29,31)(H,30,34)(H,32,33). The number of benzene rings is 3. The topological polar surface area (TPSA) is 105 Å². The summed E-state index contributed by atoms with van der Waals surface area (Å²) < 4.78 is 20.0. The first kappa shape index (κ1) is 23.9. The van der Waals surface area contributed by atoms with Crippen molar-refractivity contribution in [3.8, 4) is 11.1 Å². The molecule has 0 saturated heterocycles. The maximum absolute atomic E-state index is 14.6. The molecule has 3 aromatic carbocycles. The first-order valence-corrected chi connectivity index (χ1v) is 11.2. The molecule has 1 unspecified atom stereocenters. The van der Waals surface area contributed by atoms with Gasteiger partial charge in [0.2, 0.25) is 0 Å². The second kappa shape index (κ2) is 9.97. The molecule has 0 aromatic heterocycles. The van der Waals surface area contributed by atoms with Gasteiger partial charge in [0.25, 0.3) is 5.91 Å². The second-order valence-corrected chi connectivity index (χ2v) is 8.65. The van der Waals surface area contributed by atoms with Gasteiger partial charge in [-0.1, -0.05) is 68.4 Å². The molecule has 0 saturated carbocycles. The fourth-order valence-electron chi connectivity index (χ4n) is 4.31. The fraction of sp³-hybridized carbons (Fsp3) is 0.222. The molecule has 1 aliphatic rings. The van der Waals surface area contributed by atoms with Crippen LogP contribution >= 0.6 is 0 Å². The van der Waals surface area contributed by atoms with Gasteiger partial charge in [-0.2, -0.15) is 0 Å². The van der Waals surface area contributed by atoms with Crippen LogP contribution in [-0.4, -0.2) is 35.7 Å². The number of rotatable bonds is 7. The van der Waals surface area contributed by atoms with E-state index in [2.05, 4.69) is 10.6 Å². The van der Waals surface area contributed by atoms with Crippen LogP contribution in [0.4, 0.5) is 14.9 Å². The van der Waals surface area contributed by atoms with Crippen LogP contribution in [0, 0.1) is 11.7 Å². The van der Waals surface area contributed by atoms with Gasteiger partial charge in [-0.3, -0.25) is 10.1 Å². The minimum absolute atomic E-state index is 0.0181. The van der Waals surface area contributed by atoms with Crippen LogP contribution in [-0.2, 0) is 9.53 Å². The SMILES string of the molecule is CC(C)C(NC(=O)c1cccc(F)c1NC(=O)OCC1c2ccccc2-c2ccccc21)C(=O)O. The van der Waals surface area contributed by atoms with Crippen molar-refractivity contribution in [3.63, 3.8) is 0 Å². The van der Waals surface area contributed by atoms with Crippen LogP contribution in [0.3, 0.4) is 0 Å². The van der Waals surface area contributed by atoms with Gasteiger partial charge in [-0.05, 0) is 40.3 Å². The number of hydrogen-bond acceptors (Lipinski definition) is 4. The molecule has 4 rings (SSSR count). The van der Waals surface area contributed by atoms with Crippen molar-refractivity contribution in [2.45, 2.75) is 25.8 Å². The third-order valence-electron chi connectivity index (χ3n) is 6.05. The van der Waals surface area contributed by atoms with E-state index in [9.17, 15) is 23.9 Å². The Kier molecular flexibility index (Phi) is 6.82. The summed E-state index contributed by atoms with van der Waals surface area (Å²) in [6, 6.07) is 18.3. The quantitative estimate of drug-likeness (QED) is 0.444. The van der Waals surface area contributed by atoms with Crippen molar-refractivity contribution in [2.24, 2.45) is 5.92 Å². The molecular formula is C27H25FN2O5. The largest absolute Gasteiger partial charge is 0.480 e. The smallest absolute Gasteiger partial charge is 0.411 e. The third kappa shape index (κ3) is 4.87. The van der Waals surface area contributed by atoms with Gasteiger partial charge >= 0.3 is 12.1 Å². The number of fused-ring (bicyclic) bond motifs is 3. The predicted molar refractivity (Wildman–Crippen MR) is 129 cm³/mol.